The van der Waals surface area contributed by atoms with E-state index in [-0.39, 0.29) is 0 Å². The average molecular weight is 207 g/mol. The van der Waals surface area contributed by atoms with Gasteiger partial charge in [0.25, 0.3) is 0 Å². The Morgan fingerprint density at radius 3 is 2.00 bits per heavy atom. The predicted molar refractivity (Wildman–Crippen MR) is 62.5 cm³/mol. The molecule has 0 spiro atoms. The van der Waals surface area contributed by atoms with Crippen molar-refractivity contribution in [2.24, 2.45) is 0 Å². The monoisotopic (exact) mass is 207 g/mol. The molecular weight excluding hydrogens is 186 g/mol. The van der Waals surface area contributed by atoms with E-state index < -0.39 is 0 Å². The Morgan fingerprint density at radius 1 is 0.933 bits per heavy atom. The zero-order valence-corrected chi connectivity index (χ0v) is 9.63. The topological polar surface area (TPSA) is 18.5 Å². The molecule has 3 heteroatoms. The van der Waals surface area contributed by atoms with Crippen LogP contribution in [0.4, 0.5) is 0 Å². The molecule has 0 aromatic carbocycles. The molecule has 84 valence electrons. The van der Waals surface area contributed by atoms with Gasteiger partial charge in [-0.25, -0.2) is 0 Å². The second-order valence-corrected chi connectivity index (χ2v) is 4.31. The van der Waals surface area contributed by atoms with E-state index in [2.05, 4.69) is 33.9 Å². The van der Waals surface area contributed by atoms with Crippen LogP contribution in [0.5, 0.6) is 0 Å². The van der Waals surface area contributed by atoms with Crippen molar-refractivity contribution >= 4 is 0 Å². The first-order valence-corrected chi connectivity index (χ1v) is 6.02. The fourth-order valence-electron chi connectivity index (χ4n) is 2.35. The standard InChI is InChI=1S/C12H21N3/c1-12-14-8-4-2-3-5-9-15(12)11-7-13-6-10-14/h12-13H,4-11H2,1H3. The van der Waals surface area contributed by atoms with E-state index in [1.165, 1.54) is 0 Å². The summed E-state index contributed by atoms with van der Waals surface area (Å²) in [5.41, 5.74) is 0. The highest BCUT2D eigenvalue weighted by Crippen LogP contribution is 2.09. The van der Waals surface area contributed by atoms with Gasteiger partial charge in [-0.3, -0.25) is 9.80 Å². The summed E-state index contributed by atoms with van der Waals surface area (Å²) >= 11 is 0. The lowest BCUT2D eigenvalue weighted by molar-refractivity contribution is 0.0498. The van der Waals surface area contributed by atoms with E-state index in [1.54, 1.807) is 0 Å². The van der Waals surface area contributed by atoms with Gasteiger partial charge in [0.15, 0.2) is 0 Å². The Hall–Kier alpha value is -0.560. The molecule has 2 bridgehead atoms. The minimum absolute atomic E-state index is 0.578. The first kappa shape index (κ1) is 10.9. The predicted octanol–water partition coefficient (Wildman–Crippen LogP) is 0.337. The maximum absolute atomic E-state index is 3.48. The second-order valence-electron chi connectivity index (χ2n) is 4.31. The lowest BCUT2D eigenvalue weighted by Gasteiger charge is -2.39. The average Bonchev–Trinajstić information content (AvgIpc) is 2.32. The van der Waals surface area contributed by atoms with Gasteiger partial charge in [0.1, 0.15) is 0 Å². The Bertz CT molecular complexity index is 231. The van der Waals surface area contributed by atoms with Crippen molar-refractivity contribution in [2.45, 2.75) is 25.9 Å². The highest BCUT2D eigenvalue weighted by atomic mass is 15.4. The molecule has 2 atom stereocenters. The van der Waals surface area contributed by atoms with Crippen LogP contribution in [0.3, 0.4) is 0 Å². The molecule has 2 unspecified atom stereocenters. The van der Waals surface area contributed by atoms with E-state index in [1.807, 2.05) is 0 Å². The minimum atomic E-state index is 0.578. The molecule has 0 aliphatic carbocycles. The van der Waals surface area contributed by atoms with Crippen molar-refractivity contribution in [3.63, 3.8) is 0 Å². The lowest BCUT2D eigenvalue weighted by Crippen LogP contribution is -2.53. The summed E-state index contributed by atoms with van der Waals surface area (Å²) in [6, 6.07) is 0. The Labute approximate surface area is 92.8 Å². The smallest absolute Gasteiger partial charge is 0.0594 e. The van der Waals surface area contributed by atoms with Gasteiger partial charge in [-0.15, -0.1) is 11.8 Å². The molecule has 1 fully saturated rings. The summed E-state index contributed by atoms with van der Waals surface area (Å²) in [5.74, 6) is 6.52. The Kier molecular flexibility index (Phi) is 4.01. The maximum atomic E-state index is 3.48. The van der Waals surface area contributed by atoms with Crippen LogP contribution >= 0.6 is 0 Å². The molecule has 3 nitrogen and oxygen atoms in total. The van der Waals surface area contributed by atoms with E-state index in [0.29, 0.717) is 6.17 Å². The zero-order chi connectivity index (χ0) is 10.5. The molecule has 0 amide bonds. The summed E-state index contributed by atoms with van der Waals surface area (Å²) in [4.78, 5) is 5.10. The van der Waals surface area contributed by atoms with Crippen LogP contribution < -0.4 is 5.32 Å². The number of fused-ring (bicyclic) bond motifs is 2. The summed E-state index contributed by atoms with van der Waals surface area (Å²) < 4.78 is 0. The van der Waals surface area contributed by atoms with Crippen LogP contribution in [-0.2, 0) is 0 Å². The number of hydrogen-bond acceptors (Lipinski definition) is 3. The molecular formula is C12H21N3. The van der Waals surface area contributed by atoms with Gasteiger partial charge in [-0.2, -0.15) is 0 Å². The molecule has 1 saturated heterocycles. The number of rotatable bonds is 0. The zero-order valence-electron chi connectivity index (χ0n) is 9.63. The van der Waals surface area contributed by atoms with E-state index >= 15 is 0 Å². The first-order chi connectivity index (χ1) is 7.38. The van der Waals surface area contributed by atoms with Crippen molar-refractivity contribution in [1.29, 1.82) is 0 Å². The van der Waals surface area contributed by atoms with Gasteiger partial charge in [0, 0.05) is 52.1 Å². The fraction of sp³-hybridized carbons (Fsp3) is 0.833. The minimum Gasteiger partial charge on any atom is -0.314 e. The number of nitrogens with one attached hydrogen (secondary N) is 1. The number of hydrogen-bond donors (Lipinski definition) is 1. The molecule has 2 aliphatic rings. The van der Waals surface area contributed by atoms with Gasteiger partial charge < -0.3 is 5.32 Å². The Balaban J connectivity index is 2.06. The Morgan fingerprint density at radius 2 is 1.47 bits per heavy atom. The third-order valence-electron chi connectivity index (χ3n) is 3.38. The van der Waals surface area contributed by atoms with Crippen molar-refractivity contribution in [3.05, 3.63) is 0 Å². The van der Waals surface area contributed by atoms with Gasteiger partial charge in [0.05, 0.1) is 6.17 Å². The van der Waals surface area contributed by atoms with Crippen LogP contribution in [0.25, 0.3) is 0 Å². The maximum Gasteiger partial charge on any atom is 0.0594 e. The molecule has 0 saturated carbocycles. The summed E-state index contributed by atoms with van der Waals surface area (Å²) in [6.07, 6.45) is 2.63. The fourth-order valence-corrected chi connectivity index (χ4v) is 2.35. The molecule has 0 radical (unpaired) electrons. The SMILES string of the molecule is CC1N2CCC#CCCN1CCNCC2. The van der Waals surface area contributed by atoms with Crippen LogP contribution in [0, 0.1) is 11.8 Å². The highest BCUT2D eigenvalue weighted by Gasteiger charge is 2.21. The van der Waals surface area contributed by atoms with E-state index in [0.717, 1.165) is 52.1 Å². The number of nitrogens with zero attached hydrogens (tertiary/aromatic N) is 2. The molecule has 0 aromatic heterocycles. The van der Waals surface area contributed by atoms with Crippen molar-refractivity contribution < 1.29 is 0 Å². The lowest BCUT2D eigenvalue weighted by atomic mass is 10.3. The van der Waals surface area contributed by atoms with Crippen LogP contribution in [-0.4, -0.2) is 55.2 Å². The highest BCUT2D eigenvalue weighted by molar-refractivity contribution is 5.01. The third-order valence-corrected chi connectivity index (χ3v) is 3.38. The first-order valence-electron chi connectivity index (χ1n) is 6.02. The van der Waals surface area contributed by atoms with Crippen LogP contribution in [0.15, 0.2) is 0 Å². The normalized spacial score (nSPS) is 37.3. The van der Waals surface area contributed by atoms with E-state index in [4.69, 9.17) is 0 Å². The molecule has 0 aromatic rings. The third kappa shape index (κ3) is 2.94. The van der Waals surface area contributed by atoms with Gasteiger partial charge in [-0.05, 0) is 6.92 Å². The van der Waals surface area contributed by atoms with E-state index in [9.17, 15) is 0 Å². The summed E-state index contributed by atoms with van der Waals surface area (Å²) in [7, 11) is 0. The van der Waals surface area contributed by atoms with Crippen LogP contribution in [0.1, 0.15) is 19.8 Å². The molecule has 1 N–H and O–H groups in total. The molecule has 2 aliphatic heterocycles. The molecule has 15 heavy (non-hydrogen) atoms. The quantitative estimate of drug-likeness (QED) is 0.578. The van der Waals surface area contributed by atoms with Crippen molar-refractivity contribution in [1.82, 2.24) is 15.1 Å². The summed E-state index contributed by atoms with van der Waals surface area (Å²) in [6.45, 7) is 9.10. The molecule has 2 heterocycles. The largest absolute Gasteiger partial charge is 0.314 e. The second kappa shape index (κ2) is 5.50. The van der Waals surface area contributed by atoms with Crippen molar-refractivity contribution in [3.8, 4) is 11.8 Å². The van der Waals surface area contributed by atoms with Crippen molar-refractivity contribution in [2.75, 3.05) is 39.3 Å². The summed E-state index contributed by atoms with van der Waals surface area (Å²) in [5, 5.41) is 3.48. The van der Waals surface area contributed by atoms with Gasteiger partial charge in [0.2, 0.25) is 0 Å². The van der Waals surface area contributed by atoms with Gasteiger partial charge >= 0.3 is 0 Å². The van der Waals surface area contributed by atoms with Crippen LogP contribution in [0.2, 0.25) is 0 Å². The molecule has 2 rings (SSSR count). The van der Waals surface area contributed by atoms with Gasteiger partial charge in [-0.1, -0.05) is 0 Å².